The fourth-order valence-corrected chi connectivity index (χ4v) is 1.91. The van der Waals surface area contributed by atoms with Crippen LogP contribution in [0.4, 0.5) is 15.8 Å². The van der Waals surface area contributed by atoms with Gasteiger partial charge in [0.25, 0.3) is 5.91 Å². The largest absolute Gasteiger partial charge is 0.398 e. The van der Waals surface area contributed by atoms with E-state index in [2.05, 4.69) is 21.2 Å². The van der Waals surface area contributed by atoms with Crippen LogP contribution >= 0.6 is 15.9 Å². The zero-order valence-corrected chi connectivity index (χ0v) is 11.8. The first-order chi connectivity index (χ1) is 8.97. The predicted molar refractivity (Wildman–Crippen MR) is 77.6 cm³/mol. The van der Waals surface area contributed by atoms with Gasteiger partial charge < -0.3 is 11.1 Å². The van der Waals surface area contributed by atoms with Gasteiger partial charge in [-0.3, -0.25) is 4.79 Å². The summed E-state index contributed by atoms with van der Waals surface area (Å²) < 4.78 is 13.9. The van der Waals surface area contributed by atoms with Gasteiger partial charge in [0.05, 0.1) is 5.56 Å². The lowest BCUT2D eigenvalue weighted by Gasteiger charge is -2.09. The second-order valence-corrected chi connectivity index (χ2v) is 5.00. The first kappa shape index (κ1) is 13.5. The number of aryl methyl sites for hydroxylation is 1. The van der Waals surface area contributed by atoms with Crippen LogP contribution in [0.15, 0.2) is 40.9 Å². The molecule has 19 heavy (non-hydrogen) atoms. The highest BCUT2D eigenvalue weighted by Crippen LogP contribution is 2.21. The number of hydrogen-bond donors (Lipinski definition) is 2. The summed E-state index contributed by atoms with van der Waals surface area (Å²) in [6, 6.07) is 9.15. The van der Waals surface area contributed by atoms with Crippen LogP contribution in [-0.2, 0) is 0 Å². The van der Waals surface area contributed by atoms with Crippen LogP contribution in [0.3, 0.4) is 0 Å². The molecule has 0 spiro atoms. The highest BCUT2D eigenvalue weighted by molar-refractivity contribution is 9.10. The van der Waals surface area contributed by atoms with Gasteiger partial charge in [-0.1, -0.05) is 15.9 Å². The molecule has 0 aromatic heterocycles. The maximum absolute atomic E-state index is 12.9. The number of benzene rings is 2. The summed E-state index contributed by atoms with van der Waals surface area (Å²) in [5.74, 6) is -0.826. The molecule has 5 heteroatoms. The van der Waals surface area contributed by atoms with Crippen LogP contribution in [0.1, 0.15) is 15.9 Å². The number of nitrogen functional groups attached to an aromatic ring is 1. The van der Waals surface area contributed by atoms with Crippen LogP contribution in [-0.4, -0.2) is 5.91 Å². The lowest BCUT2D eigenvalue weighted by Crippen LogP contribution is -2.14. The van der Waals surface area contributed by atoms with E-state index in [9.17, 15) is 9.18 Å². The Morgan fingerprint density at radius 2 is 2.00 bits per heavy atom. The van der Waals surface area contributed by atoms with Crippen molar-refractivity contribution in [1.82, 2.24) is 0 Å². The normalized spacial score (nSPS) is 10.3. The summed E-state index contributed by atoms with van der Waals surface area (Å²) in [6.45, 7) is 1.92. The first-order valence-corrected chi connectivity index (χ1v) is 6.39. The number of anilines is 2. The molecule has 0 aliphatic rings. The smallest absolute Gasteiger partial charge is 0.257 e. The zero-order chi connectivity index (χ0) is 14.0. The Morgan fingerprint density at radius 1 is 1.26 bits per heavy atom. The topological polar surface area (TPSA) is 55.1 Å². The molecule has 0 bridgehead atoms. The van der Waals surface area contributed by atoms with Crippen molar-refractivity contribution < 1.29 is 9.18 Å². The summed E-state index contributed by atoms with van der Waals surface area (Å²) >= 11 is 3.39. The van der Waals surface area contributed by atoms with Crippen LogP contribution in [0.5, 0.6) is 0 Å². The van der Waals surface area contributed by atoms with Crippen molar-refractivity contribution in [1.29, 1.82) is 0 Å². The molecule has 0 heterocycles. The van der Waals surface area contributed by atoms with E-state index in [0.717, 1.165) is 16.1 Å². The third kappa shape index (κ3) is 3.12. The second kappa shape index (κ2) is 5.40. The van der Waals surface area contributed by atoms with Gasteiger partial charge in [0.2, 0.25) is 0 Å². The SMILES string of the molecule is Cc1cc(NC(=O)c2ccc(F)cc2N)ccc1Br. The van der Waals surface area contributed by atoms with Crippen molar-refractivity contribution in [3.8, 4) is 0 Å². The molecular weight excluding hydrogens is 311 g/mol. The summed E-state index contributed by atoms with van der Waals surface area (Å²) in [5, 5.41) is 2.72. The van der Waals surface area contributed by atoms with Crippen molar-refractivity contribution in [2.24, 2.45) is 0 Å². The molecule has 0 aliphatic carbocycles. The Morgan fingerprint density at radius 3 is 2.63 bits per heavy atom. The summed E-state index contributed by atoms with van der Waals surface area (Å²) in [7, 11) is 0. The summed E-state index contributed by atoms with van der Waals surface area (Å²) in [5.41, 5.74) is 7.66. The summed E-state index contributed by atoms with van der Waals surface area (Å²) in [6.07, 6.45) is 0. The van der Waals surface area contributed by atoms with Crippen molar-refractivity contribution in [3.63, 3.8) is 0 Å². The Labute approximate surface area is 118 Å². The molecule has 0 saturated heterocycles. The van der Waals surface area contributed by atoms with E-state index in [1.807, 2.05) is 19.1 Å². The average molecular weight is 323 g/mol. The van der Waals surface area contributed by atoms with Crippen molar-refractivity contribution in [3.05, 3.63) is 57.8 Å². The molecule has 0 fully saturated rings. The van der Waals surface area contributed by atoms with Crippen LogP contribution in [0.25, 0.3) is 0 Å². The number of nitrogens with one attached hydrogen (secondary N) is 1. The number of nitrogens with two attached hydrogens (primary N) is 1. The quantitative estimate of drug-likeness (QED) is 0.828. The van der Waals surface area contributed by atoms with Gasteiger partial charge in [0.1, 0.15) is 5.82 Å². The van der Waals surface area contributed by atoms with Gasteiger partial charge in [-0.25, -0.2) is 4.39 Å². The minimum absolute atomic E-state index is 0.117. The first-order valence-electron chi connectivity index (χ1n) is 5.60. The van der Waals surface area contributed by atoms with Gasteiger partial charge in [-0.05, 0) is 48.9 Å². The number of halogens is 2. The molecule has 2 rings (SSSR count). The van der Waals surface area contributed by atoms with Gasteiger partial charge >= 0.3 is 0 Å². The van der Waals surface area contributed by atoms with Crippen LogP contribution < -0.4 is 11.1 Å². The second-order valence-electron chi connectivity index (χ2n) is 4.15. The third-order valence-corrected chi connectivity index (χ3v) is 3.56. The number of amides is 1. The molecular formula is C14H12BrFN2O. The lowest BCUT2D eigenvalue weighted by atomic mass is 10.1. The molecule has 2 aromatic carbocycles. The van der Waals surface area contributed by atoms with E-state index in [1.54, 1.807) is 6.07 Å². The minimum atomic E-state index is -0.464. The maximum atomic E-state index is 12.9. The molecule has 0 saturated carbocycles. The van der Waals surface area contributed by atoms with E-state index in [-0.39, 0.29) is 17.2 Å². The van der Waals surface area contributed by atoms with E-state index in [4.69, 9.17) is 5.73 Å². The highest BCUT2D eigenvalue weighted by atomic mass is 79.9. The highest BCUT2D eigenvalue weighted by Gasteiger charge is 2.11. The molecule has 3 nitrogen and oxygen atoms in total. The average Bonchev–Trinajstić information content (AvgIpc) is 2.33. The fourth-order valence-electron chi connectivity index (χ4n) is 1.66. The minimum Gasteiger partial charge on any atom is -0.398 e. The van der Waals surface area contributed by atoms with E-state index >= 15 is 0 Å². The Balaban J connectivity index is 2.23. The van der Waals surface area contributed by atoms with Gasteiger partial charge in [-0.2, -0.15) is 0 Å². The summed E-state index contributed by atoms with van der Waals surface area (Å²) in [4.78, 5) is 12.0. The van der Waals surface area contributed by atoms with E-state index in [1.165, 1.54) is 12.1 Å². The Hall–Kier alpha value is -1.88. The van der Waals surface area contributed by atoms with Crippen LogP contribution in [0.2, 0.25) is 0 Å². The number of carbonyl (C=O) groups excluding carboxylic acids is 1. The molecule has 2 aromatic rings. The fraction of sp³-hybridized carbons (Fsp3) is 0.0714. The predicted octanol–water partition coefficient (Wildman–Crippen LogP) is 3.73. The molecule has 98 valence electrons. The van der Waals surface area contributed by atoms with Gasteiger partial charge in [-0.15, -0.1) is 0 Å². The molecule has 0 unspecified atom stereocenters. The maximum Gasteiger partial charge on any atom is 0.257 e. The molecule has 0 radical (unpaired) electrons. The van der Waals surface area contributed by atoms with Crippen molar-refractivity contribution >= 4 is 33.2 Å². The van der Waals surface area contributed by atoms with Crippen molar-refractivity contribution in [2.75, 3.05) is 11.1 Å². The zero-order valence-electron chi connectivity index (χ0n) is 10.2. The number of carbonyl (C=O) groups is 1. The van der Waals surface area contributed by atoms with E-state index in [0.29, 0.717) is 5.69 Å². The monoisotopic (exact) mass is 322 g/mol. The Bertz CT molecular complexity index is 643. The molecule has 3 N–H and O–H groups in total. The van der Waals surface area contributed by atoms with Crippen molar-refractivity contribution in [2.45, 2.75) is 6.92 Å². The number of rotatable bonds is 2. The molecule has 0 aliphatic heterocycles. The Kier molecular flexibility index (Phi) is 3.85. The third-order valence-electron chi connectivity index (χ3n) is 2.67. The number of hydrogen-bond acceptors (Lipinski definition) is 2. The van der Waals surface area contributed by atoms with E-state index < -0.39 is 5.82 Å². The standard InChI is InChI=1S/C14H12BrFN2O/c1-8-6-10(3-5-12(8)15)18-14(19)11-4-2-9(16)7-13(11)17/h2-7H,17H2,1H3,(H,18,19). The van der Waals surface area contributed by atoms with Gasteiger partial charge in [0, 0.05) is 15.8 Å². The lowest BCUT2D eigenvalue weighted by molar-refractivity contribution is 0.102. The molecule has 1 amide bonds. The molecule has 0 atom stereocenters. The van der Waals surface area contributed by atoms with Gasteiger partial charge in [0.15, 0.2) is 0 Å². The van der Waals surface area contributed by atoms with Crippen LogP contribution in [0, 0.1) is 12.7 Å².